The Morgan fingerprint density at radius 3 is 2.35 bits per heavy atom. The van der Waals surface area contributed by atoms with Crippen molar-refractivity contribution in [2.45, 2.75) is 58.1 Å². The summed E-state index contributed by atoms with van der Waals surface area (Å²) in [7, 11) is 0. The van der Waals surface area contributed by atoms with Crippen LogP contribution in [0.3, 0.4) is 0 Å². The molecule has 5 heteroatoms. The number of nitrogens with zero attached hydrogens (tertiary/aromatic N) is 1. The van der Waals surface area contributed by atoms with E-state index in [0.29, 0.717) is 0 Å². The predicted molar refractivity (Wildman–Crippen MR) is 63.9 cm³/mol. The van der Waals surface area contributed by atoms with E-state index in [1.807, 2.05) is 20.8 Å². The van der Waals surface area contributed by atoms with Crippen LogP contribution in [0.2, 0.25) is 0 Å². The van der Waals surface area contributed by atoms with Gasteiger partial charge in [-0.3, -0.25) is 5.43 Å². The summed E-state index contributed by atoms with van der Waals surface area (Å²) in [4.78, 5) is 11.4. The minimum atomic E-state index is -0.482. The summed E-state index contributed by atoms with van der Waals surface area (Å²) in [5.41, 5.74) is 5.02. The van der Waals surface area contributed by atoms with Crippen molar-refractivity contribution in [2.75, 3.05) is 0 Å². The molecule has 0 aromatic carbocycles. The summed E-state index contributed by atoms with van der Waals surface area (Å²) in [6.45, 7) is 5.47. The van der Waals surface area contributed by atoms with Gasteiger partial charge in [0.15, 0.2) is 0 Å². The molecule has 0 aliphatic heterocycles. The zero-order chi connectivity index (χ0) is 12.9. The second-order valence-corrected chi connectivity index (χ2v) is 5.45. The van der Waals surface area contributed by atoms with E-state index in [0.717, 1.165) is 25.7 Å². The van der Waals surface area contributed by atoms with Gasteiger partial charge in [0.05, 0.1) is 6.07 Å². The number of hydrogen-bond donors (Lipinski definition) is 2. The molecule has 0 bridgehead atoms. The molecule has 1 aliphatic rings. The molecule has 0 radical (unpaired) electrons. The first kappa shape index (κ1) is 13.8. The van der Waals surface area contributed by atoms with E-state index in [1.54, 1.807) is 0 Å². The van der Waals surface area contributed by atoms with Crippen LogP contribution in [-0.2, 0) is 4.74 Å². The molecule has 5 nitrogen and oxygen atoms in total. The minimum absolute atomic E-state index is 0.176. The zero-order valence-corrected chi connectivity index (χ0v) is 10.7. The summed E-state index contributed by atoms with van der Waals surface area (Å²) in [6.07, 6.45) is 3.15. The van der Waals surface area contributed by atoms with Crippen molar-refractivity contribution in [3.05, 3.63) is 0 Å². The normalized spacial score (nSPS) is 24.8. The number of rotatable bonds is 2. The summed E-state index contributed by atoms with van der Waals surface area (Å²) < 4.78 is 5.11. The van der Waals surface area contributed by atoms with E-state index in [2.05, 4.69) is 16.9 Å². The second kappa shape index (κ2) is 5.87. The quantitative estimate of drug-likeness (QED) is 0.724. The maximum Gasteiger partial charge on any atom is 0.422 e. The van der Waals surface area contributed by atoms with Crippen LogP contribution < -0.4 is 10.9 Å². The van der Waals surface area contributed by atoms with Gasteiger partial charge in [-0.05, 0) is 46.5 Å². The fourth-order valence-electron chi connectivity index (χ4n) is 1.83. The van der Waals surface area contributed by atoms with Gasteiger partial charge in [0, 0.05) is 12.0 Å². The Morgan fingerprint density at radius 2 is 1.88 bits per heavy atom. The summed E-state index contributed by atoms with van der Waals surface area (Å²) >= 11 is 0. The highest BCUT2D eigenvalue weighted by molar-refractivity contribution is 5.67. The van der Waals surface area contributed by atoms with Crippen LogP contribution in [0, 0.1) is 17.2 Å². The highest BCUT2D eigenvalue weighted by Gasteiger charge is 2.22. The van der Waals surface area contributed by atoms with Crippen molar-refractivity contribution in [2.24, 2.45) is 5.92 Å². The van der Waals surface area contributed by atoms with Gasteiger partial charge in [0.25, 0.3) is 0 Å². The first-order valence-corrected chi connectivity index (χ1v) is 6.05. The maximum atomic E-state index is 11.4. The average Bonchev–Trinajstić information content (AvgIpc) is 2.25. The fraction of sp³-hybridized carbons (Fsp3) is 0.833. The third kappa shape index (κ3) is 5.55. The van der Waals surface area contributed by atoms with E-state index < -0.39 is 11.7 Å². The number of nitriles is 1. The number of hydrazine groups is 1. The number of carbonyl (C=O) groups is 1. The number of hydrogen-bond acceptors (Lipinski definition) is 4. The Hall–Kier alpha value is -1.28. The zero-order valence-electron chi connectivity index (χ0n) is 10.7. The number of ether oxygens (including phenoxy) is 1. The molecule has 0 heterocycles. The molecule has 1 amide bonds. The van der Waals surface area contributed by atoms with E-state index in [9.17, 15) is 4.79 Å². The van der Waals surface area contributed by atoms with Crippen LogP contribution in [-0.4, -0.2) is 17.7 Å². The van der Waals surface area contributed by atoms with Crippen molar-refractivity contribution in [1.82, 2.24) is 10.9 Å². The smallest absolute Gasteiger partial charge is 0.422 e. The molecule has 0 atom stereocenters. The van der Waals surface area contributed by atoms with Crippen molar-refractivity contribution < 1.29 is 9.53 Å². The van der Waals surface area contributed by atoms with Crippen LogP contribution in [0.1, 0.15) is 46.5 Å². The van der Waals surface area contributed by atoms with E-state index in [-0.39, 0.29) is 12.0 Å². The van der Waals surface area contributed by atoms with E-state index in [1.165, 1.54) is 0 Å². The molecule has 96 valence electrons. The molecule has 0 spiro atoms. The summed E-state index contributed by atoms with van der Waals surface area (Å²) in [6, 6.07) is 2.52. The lowest BCUT2D eigenvalue weighted by Crippen LogP contribution is -2.47. The Bertz CT molecular complexity index is 296. The molecule has 17 heavy (non-hydrogen) atoms. The third-order valence-electron chi connectivity index (χ3n) is 2.69. The van der Waals surface area contributed by atoms with Crippen LogP contribution in [0.5, 0.6) is 0 Å². The molecular formula is C12H21N3O2. The molecular weight excluding hydrogens is 218 g/mol. The first-order chi connectivity index (χ1) is 7.90. The van der Waals surface area contributed by atoms with Gasteiger partial charge >= 0.3 is 6.09 Å². The van der Waals surface area contributed by atoms with Crippen molar-refractivity contribution in [3.8, 4) is 6.07 Å². The average molecular weight is 239 g/mol. The van der Waals surface area contributed by atoms with Crippen molar-refractivity contribution in [3.63, 3.8) is 0 Å². The van der Waals surface area contributed by atoms with Crippen LogP contribution in [0.15, 0.2) is 0 Å². The lowest BCUT2D eigenvalue weighted by Gasteiger charge is -2.26. The van der Waals surface area contributed by atoms with Gasteiger partial charge in [-0.15, -0.1) is 0 Å². The predicted octanol–water partition coefficient (Wildman–Crippen LogP) is 2.10. The second-order valence-electron chi connectivity index (χ2n) is 5.45. The molecule has 1 aliphatic carbocycles. The Labute approximate surface area is 102 Å². The van der Waals surface area contributed by atoms with Crippen LogP contribution in [0.4, 0.5) is 4.79 Å². The van der Waals surface area contributed by atoms with Crippen molar-refractivity contribution in [1.29, 1.82) is 5.26 Å². The van der Waals surface area contributed by atoms with Gasteiger partial charge < -0.3 is 4.74 Å². The molecule has 1 saturated carbocycles. The molecule has 0 saturated heterocycles. The number of carbonyl (C=O) groups excluding carboxylic acids is 1. The topological polar surface area (TPSA) is 74.2 Å². The van der Waals surface area contributed by atoms with Gasteiger partial charge in [-0.1, -0.05) is 0 Å². The summed E-state index contributed by atoms with van der Waals surface area (Å²) in [5.74, 6) is 0.176. The minimum Gasteiger partial charge on any atom is -0.443 e. The first-order valence-electron chi connectivity index (χ1n) is 6.05. The van der Waals surface area contributed by atoms with Gasteiger partial charge in [-0.25, -0.2) is 10.2 Å². The largest absolute Gasteiger partial charge is 0.443 e. The molecule has 1 fully saturated rings. The van der Waals surface area contributed by atoms with Gasteiger partial charge in [-0.2, -0.15) is 5.26 Å². The molecule has 1 rings (SSSR count). The molecule has 0 aromatic rings. The number of amides is 1. The number of nitrogens with one attached hydrogen (secondary N) is 2. The SMILES string of the molecule is CC(C)(C)OC(=O)NNC1CCC(C#N)CC1. The van der Waals surface area contributed by atoms with Crippen molar-refractivity contribution >= 4 is 6.09 Å². The Kier molecular flexibility index (Phi) is 4.76. The van der Waals surface area contributed by atoms with E-state index >= 15 is 0 Å². The Balaban J connectivity index is 2.20. The molecule has 0 unspecified atom stereocenters. The Morgan fingerprint density at radius 1 is 1.29 bits per heavy atom. The van der Waals surface area contributed by atoms with Gasteiger partial charge in [0.2, 0.25) is 0 Å². The highest BCUT2D eigenvalue weighted by Crippen LogP contribution is 2.23. The maximum absolute atomic E-state index is 11.4. The highest BCUT2D eigenvalue weighted by atomic mass is 16.6. The lowest BCUT2D eigenvalue weighted by atomic mass is 9.87. The van der Waals surface area contributed by atoms with Gasteiger partial charge in [0.1, 0.15) is 5.60 Å². The van der Waals surface area contributed by atoms with Crippen LogP contribution >= 0.6 is 0 Å². The van der Waals surface area contributed by atoms with Crippen LogP contribution in [0.25, 0.3) is 0 Å². The van der Waals surface area contributed by atoms with E-state index in [4.69, 9.17) is 10.00 Å². The molecule has 0 aromatic heterocycles. The monoisotopic (exact) mass is 239 g/mol. The standard InChI is InChI=1S/C12H21N3O2/c1-12(2,3)17-11(16)15-14-10-6-4-9(8-13)5-7-10/h9-10,14H,4-7H2,1-3H3,(H,15,16). The third-order valence-corrected chi connectivity index (χ3v) is 2.69. The molecule has 2 N–H and O–H groups in total. The fourth-order valence-corrected chi connectivity index (χ4v) is 1.83. The summed E-state index contributed by atoms with van der Waals surface area (Å²) in [5, 5.41) is 8.76. The lowest BCUT2D eigenvalue weighted by molar-refractivity contribution is 0.0481.